The third-order valence-electron chi connectivity index (χ3n) is 11.2. The van der Waals surface area contributed by atoms with E-state index >= 15 is 0 Å². The molecule has 2 nitrogen and oxygen atoms in total. The maximum atomic E-state index is 2.55. The molecule has 0 N–H and O–H groups in total. The number of fused-ring (bicyclic) bond motifs is 5. The maximum Gasteiger partial charge on any atom is 0.0781 e. The van der Waals surface area contributed by atoms with Gasteiger partial charge in [-0.3, -0.25) is 0 Å². The Morgan fingerprint density at radius 3 is 1.87 bits per heavy atom. The summed E-state index contributed by atoms with van der Waals surface area (Å²) in [5.41, 5.74) is 11.8. The van der Waals surface area contributed by atoms with E-state index in [1.165, 1.54) is 65.9 Å². The van der Waals surface area contributed by atoms with Gasteiger partial charge in [-0.2, -0.15) is 0 Å². The van der Waals surface area contributed by atoms with E-state index in [1.54, 1.807) is 0 Å². The summed E-state index contributed by atoms with van der Waals surface area (Å²) in [6, 6.07) is 71.1. The van der Waals surface area contributed by atoms with Crippen LogP contribution in [0.1, 0.15) is 25.0 Å². The quantitative estimate of drug-likeness (QED) is 0.179. The van der Waals surface area contributed by atoms with Crippen molar-refractivity contribution in [3.8, 4) is 11.1 Å². The minimum absolute atomic E-state index is 0.257. The number of benzene rings is 9. The highest BCUT2D eigenvalue weighted by atomic mass is 15.2. The van der Waals surface area contributed by atoms with E-state index < -0.39 is 0 Å². The lowest BCUT2D eigenvalue weighted by atomic mass is 9.70. The Hall–Kier alpha value is -6.64. The third kappa shape index (κ3) is 4.94. The van der Waals surface area contributed by atoms with Gasteiger partial charge in [-0.15, -0.1) is 0 Å². The topological polar surface area (TPSA) is 6.48 Å². The first-order valence-corrected chi connectivity index (χ1v) is 18.4. The summed E-state index contributed by atoms with van der Waals surface area (Å²) in [6.07, 6.45) is 0. The fourth-order valence-electron chi connectivity index (χ4n) is 8.73. The van der Waals surface area contributed by atoms with Crippen LogP contribution < -0.4 is 9.80 Å². The highest BCUT2D eigenvalue weighted by molar-refractivity contribution is 6.11. The summed E-state index contributed by atoms with van der Waals surface area (Å²) in [4.78, 5) is 5.04. The molecule has 53 heavy (non-hydrogen) atoms. The molecule has 9 aromatic carbocycles. The summed E-state index contributed by atoms with van der Waals surface area (Å²) in [7, 11) is 0. The van der Waals surface area contributed by atoms with Crippen LogP contribution in [0, 0.1) is 0 Å². The lowest BCUT2D eigenvalue weighted by Crippen LogP contribution is -2.32. The molecule has 1 aliphatic heterocycles. The van der Waals surface area contributed by atoms with E-state index in [2.05, 4.69) is 218 Å². The standard InChI is InChI=1S/C51H38N2/c1-51(2)44-26-12-13-27-46(44)53(47-29-15-25-42(49(47)51)37-17-4-3-5-18-37)50-43-24-11-9-20-38(43)31-33-48(50)52(40-32-30-35-16-6-7-21-39(35)34-40)45-28-14-22-36-19-8-10-23-41(36)45/h3-34H,1-2H3. The second kappa shape index (κ2) is 12.3. The lowest BCUT2D eigenvalue weighted by Gasteiger charge is -2.44. The van der Waals surface area contributed by atoms with Gasteiger partial charge in [-0.05, 0) is 80.2 Å². The van der Waals surface area contributed by atoms with Crippen LogP contribution in [0.2, 0.25) is 0 Å². The van der Waals surface area contributed by atoms with Gasteiger partial charge in [-0.1, -0.05) is 172 Å². The van der Waals surface area contributed by atoms with Gasteiger partial charge in [0.25, 0.3) is 0 Å². The maximum absolute atomic E-state index is 2.55. The molecule has 1 aliphatic rings. The number of hydrogen-bond donors (Lipinski definition) is 0. The molecule has 0 atom stereocenters. The zero-order chi connectivity index (χ0) is 35.5. The first-order chi connectivity index (χ1) is 26.1. The predicted octanol–water partition coefficient (Wildman–Crippen LogP) is 14.4. The second-order valence-electron chi connectivity index (χ2n) is 14.6. The Bertz CT molecular complexity index is 2830. The van der Waals surface area contributed by atoms with Crippen LogP contribution in [0.4, 0.5) is 34.1 Å². The number of para-hydroxylation sites is 1. The first kappa shape index (κ1) is 31.1. The molecular weight excluding hydrogens is 641 g/mol. The molecule has 1 heterocycles. The Morgan fingerprint density at radius 2 is 1.04 bits per heavy atom. The number of nitrogens with zero attached hydrogens (tertiary/aromatic N) is 2. The molecule has 0 unspecified atom stereocenters. The van der Waals surface area contributed by atoms with E-state index in [0.717, 1.165) is 22.7 Å². The number of anilines is 6. The molecule has 10 rings (SSSR count). The molecule has 0 fully saturated rings. The van der Waals surface area contributed by atoms with Crippen molar-refractivity contribution in [2.75, 3.05) is 9.80 Å². The minimum Gasteiger partial charge on any atom is -0.308 e. The van der Waals surface area contributed by atoms with Crippen molar-refractivity contribution in [1.82, 2.24) is 0 Å². The van der Waals surface area contributed by atoms with Crippen LogP contribution in [0.25, 0.3) is 43.4 Å². The second-order valence-corrected chi connectivity index (χ2v) is 14.6. The van der Waals surface area contributed by atoms with Crippen molar-refractivity contribution < 1.29 is 0 Å². The Morgan fingerprint density at radius 1 is 0.434 bits per heavy atom. The van der Waals surface area contributed by atoms with Gasteiger partial charge in [0, 0.05) is 21.9 Å². The summed E-state index contributed by atoms with van der Waals surface area (Å²) in [5, 5.41) is 7.24. The van der Waals surface area contributed by atoms with Crippen molar-refractivity contribution >= 4 is 66.4 Å². The SMILES string of the molecule is CC1(C)c2ccccc2N(c2c(N(c3ccc4ccccc4c3)c3cccc4ccccc34)ccc3ccccc23)c2cccc(-c3ccccc3)c21. The third-order valence-corrected chi connectivity index (χ3v) is 11.2. The summed E-state index contributed by atoms with van der Waals surface area (Å²) in [5.74, 6) is 0. The highest BCUT2D eigenvalue weighted by Crippen LogP contribution is 2.58. The molecule has 0 radical (unpaired) electrons. The van der Waals surface area contributed by atoms with Gasteiger partial charge in [0.05, 0.1) is 28.4 Å². The van der Waals surface area contributed by atoms with Crippen LogP contribution in [0.3, 0.4) is 0 Å². The molecule has 0 saturated carbocycles. The van der Waals surface area contributed by atoms with Gasteiger partial charge < -0.3 is 9.80 Å². The van der Waals surface area contributed by atoms with E-state index in [4.69, 9.17) is 0 Å². The van der Waals surface area contributed by atoms with Crippen LogP contribution in [-0.2, 0) is 5.41 Å². The van der Waals surface area contributed by atoms with Gasteiger partial charge >= 0.3 is 0 Å². The minimum atomic E-state index is -0.257. The van der Waals surface area contributed by atoms with E-state index in [9.17, 15) is 0 Å². The van der Waals surface area contributed by atoms with Gasteiger partial charge in [0.1, 0.15) is 0 Å². The molecule has 0 saturated heterocycles. The van der Waals surface area contributed by atoms with Crippen molar-refractivity contribution in [3.63, 3.8) is 0 Å². The Kier molecular flexibility index (Phi) is 7.19. The first-order valence-electron chi connectivity index (χ1n) is 18.4. The predicted molar refractivity (Wildman–Crippen MR) is 226 cm³/mol. The average molecular weight is 679 g/mol. The van der Waals surface area contributed by atoms with Crippen molar-refractivity contribution in [1.29, 1.82) is 0 Å². The summed E-state index contributed by atoms with van der Waals surface area (Å²) < 4.78 is 0. The normalized spacial score (nSPS) is 13.2. The largest absolute Gasteiger partial charge is 0.308 e. The summed E-state index contributed by atoms with van der Waals surface area (Å²) in [6.45, 7) is 4.77. The Labute approximate surface area is 310 Å². The van der Waals surface area contributed by atoms with Crippen LogP contribution >= 0.6 is 0 Å². The fraction of sp³-hybridized carbons (Fsp3) is 0.0588. The molecule has 2 heteroatoms. The highest BCUT2D eigenvalue weighted by Gasteiger charge is 2.40. The molecule has 0 bridgehead atoms. The van der Waals surface area contributed by atoms with Crippen LogP contribution in [-0.4, -0.2) is 0 Å². The van der Waals surface area contributed by atoms with Crippen LogP contribution in [0.15, 0.2) is 194 Å². The zero-order valence-electron chi connectivity index (χ0n) is 29.9. The monoisotopic (exact) mass is 678 g/mol. The number of rotatable bonds is 5. The fourth-order valence-corrected chi connectivity index (χ4v) is 8.73. The summed E-state index contributed by atoms with van der Waals surface area (Å²) >= 11 is 0. The van der Waals surface area contributed by atoms with Gasteiger partial charge in [0.2, 0.25) is 0 Å². The van der Waals surface area contributed by atoms with E-state index in [0.29, 0.717) is 0 Å². The smallest absolute Gasteiger partial charge is 0.0781 e. The van der Waals surface area contributed by atoms with Gasteiger partial charge in [0.15, 0.2) is 0 Å². The molecule has 9 aromatic rings. The lowest BCUT2D eigenvalue weighted by molar-refractivity contribution is 0.634. The molecule has 0 amide bonds. The van der Waals surface area contributed by atoms with Crippen LogP contribution in [0.5, 0.6) is 0 Å². The molecule has 0 aromatic heterocycles. The molecule has 252 valence electrons. The number of hydrogen-bond acceptors (Lipinski definition) is 2. The molecule has 0 aliphatic carbocycles. The van der Waals surface area contributed by atoms with Gasteiger partial charge in [-0.25, -0.2) is 0 Å². The Balaban J connectivity index is 1.34. The van der Waals surface area contributed by atoms with Crippen molar-refractivity contribution in [3.05, 3.63) is 205 Å². The molecular formula is C51H38N2. The van der Waals surface area contributed by atoms with E-state index in [-0.39, 0.29) is 5.41 Å². The average Bonchev–Trinajstić information content (AvgIpc) is 3.21. The van der Waals surface area contributed by atoms with Crippen molar-refractivity contribution in [2.45, 2.75) is 19.3 Å². The van der Waals surface area contributed by atoms with Crippen molar-refractivity contribution in [2.24, 2.45) is 0 Å². The zero-order valence-corrected chi connectivity index (χ0v) is 29.9. The van der Waals surface area contributed by atoms with E-state index in [1.807, 2.05) is 0 Å². The molecule has 0 spiro atoms.